The Balaban J connectivity index is 2.14. The molecule has 0 aromatic heterocycles. The summed E-state index contributed by atoms with van der Waals surface area (Å²) in [6, 6.07) is 12.7. The molecule has 2 aromatic carbocycles. The summed E-state index contributed by atoms with van der Waals surface area (Å²) in [4.78, 5) is 0. The van der Waals surface area contributed by atoms with Crippen LogP contribution in [0.15, 0.2) is 46.0 Å². The third kappa shape index (κ3) is 2.81. The number of ether oxygens (including phenoxy) is 1. The fraction of sp³-hybridized carbons (Fsp3) is 0.235. The van der Waals surface area contributed by atoms with Crippen LogP contribution >= 0.6 is 15.9 Å². The minimum Gasteiger partial charge on any atom is -0.496 e. The van der Waals surface area contributed by atoms with Crippen LogP contribution in [0.4, 0.5) is 0 Å². The summed E-state index contributed by atoms with van der Waals surface area (Å²) in [5.41, 5.74) is 7.76. The molecule has 0 fully saturated rings. The molecule has 0 radical (unpaired) electrons. The molecule has 21 heavy (non-hydrogen) atoms. The van der Waals surface area contributed by atoms with E-state index in [0.717, 1.165) is 33.3 Å². The lowest BCUT2D eigenvalue weighted by molar-refractivity contribution is 0.416. The number of para-hydroxylation sites is 1. The fourth-order valence-electron chi connectivity index (χ4n) is 2.61. The SMILES string of the molecule is COc1ccccc1-c1cc2c(cc1Br)CC(C)NN=C2. The molecular formula is C17H17BrN2O. The maximum absolute atomic E-state index is 5.47. The van der Waals surface area contributed by atoms with E-state index in [9.17, 15) is 0 Å². The van der Waals surface area contributed by atoms with Gasteiger partial charge in [-0.2, -0.15) is 5.10 Å². The Hall–Kier alpha value is -1.81. The summed E-state index contributed by atoms with van der Waals surface area (Å²) >= 11 is 3.70. The van der Waals surface area contributed by atoms with Crippen molar-refractivity contribution in [2.45, 2.75) is 19.4 Å². The molecule has 1 N–H and O–H groups in total. The largest absolute Gasteiger partial charge is 0.496 e. The number of methoxy groups -OCH3 is 1. The zero-order valence-corrected chi connectivity index (χ0v) is 13.6. The van der Waals surface area contributed by atoms with Crippen molar-refractivity contribution in [1.29, 1.82) is 0 Å². The molecule has 1 unspecified atom stereocenters. The molecule has 0 bridgehead atoms. The maximum Gasteiger partial charge on any atom is 0.126 e. The van der Waals surface area contributed by atoms with Crippen LogP contribution in [0, 0.1) is 0 Å². The molecule has 0 saturated heterocycles. The zero-order chi connectivity index (χ0) is 14.8. The van der Waals surface area contributed by atoms with Crippen molar-refractivity contribution in [3.63, 3.8) is 0 Å². The Morgan fingerprint density at radius 2 is 2.05 bits per heavy atom. The molecule has 1 atom stereocenters. The number of benzene rings is 2. The molecule has 0 saturated carbocycles. The van der Waals surface area contributed by atoms with Crippen molar-refractivity contribution >= 4 is 22.1 Å². The Kier molecular flexibility index (Phi) is 3.97. The van der Waals surface area contributed by atoms with Gasteiger partial charge in [0.15, 0.2) is 0 Å². The molecular weight excluding hydrogens is 328 g/mol. The molecule has 3 rings (SSSR count). The quantitative estimate of drug-likeness (QED) is 0.893. The summed E-state index contributed by atoms with van der Waals surface area (Å²) in [5, 5.41) is 4.28. The van der Waals surface area contributed by atoms with Crippen LogP contribution in [-0.4, -0.2) is 19.4 Å². The number of hydrogen-bond acceptors (Lipinski definition) is 3. The van der Waals surface area contributed by atoms with Gasteiger partial charge in [0.2, 0.25) is 0 Å². The minimum absolute atomic E-state index is 0.339. The third-order valence-corrected chi connectivity index (χ3v) is 4.31. The Bertz CT molecular complexity index is 697. The first-order chi connectivity index (χ1) is 10.2. The van der Waals surface area contributed by atoms with Gasteiger partial charge < -0.3 is 10.2 Å². The normalized spacial score (nSPS) is 16.8. The highest BCUT2D eigenvalue weighted by molar-refractivity contribution is 9.10. The molecule has 108 valence electrons. The van der Waals surface area contributed by atoms with Crippen LogP contribution in [0.5, 0.6) is 5.75 Å². The zero-order valence-electron chi connectivity index (χ0n) is 12.1. The molecule has 3 nitrogen and oxygen atoms in total. The number of hydrogen-bond donors (Lipinski definition) is 1. The highest BCUT2D eigenvalue weighted by Gasteiger charge is 2.15. The molecule has 1 aliphatic heterocycles. The van der Waals surface area contributed by atoms with E-state index in [1.165, 1.54) is 5.56 Å². The lowest BCUT2D eigenvalue weighted by Gasteiger charge is -2.14. The Labute approximate surface area is 133 Å². The minimum atomic E-state index is 0.339. The van der Waals surface area contributed by atoms with Crippen LogP contribution in [0.1, 0.15) is 18.1 Å². The highest BCUT2D eigenvalue weighted by atomic mass is 79.9. The van der Waals surface area contributed by atoms with E-state index in [4.69, 9.17) is 4.74 Å². The predicted octanol–water partition coefficient (Wildman–Crippen LogP) is 3.99. The Morgan fingerprint density at radius 3 is 2.86 bits per heavy atom. The molecule has 0 amide bonds. The van der Waals surface area contributed by atoms with Crippen LogP contribution < -0.4 is 10.2 Å². The van der Waals surface area contributed by atoms with E-state index < -0.39 is 0 Å². The average Bonchev–Trinajstić information content (AvgIpc) is 2.66. The van der Waals surface area contributed by atoms with Gasteiger partial charge in [0.1, 0.15) is 5.75 Å². The first kappa shape index (κ1) is 14.1. The molecule has 0 spiro atoms. The van der Waals surface area contributed by atoms with Gasteiger partial charge in [-0.15, -0.1) is 0 Å². The second-order valence-corrected chi connectivity index (χ2v) is 6.08. The summed E-state index contributed by atoms with van der Waals surface area (Å²) in [6.07, 6.45) is 2.85. The van der Waals surface area contributed by atoms with Crippen molar-refractivity contribution in [1.82, 2.24) is 5.43 Å². The van der Waals surface area contributed by atoms with E-state index in [-0.39, 0.29) is 0 Å². The number of halogens is 1. The number of hydrazone groups is 1. The van der Waals surface area contributed by atoms with Crippen LogP contribution in [0.2, 0.25) is 0 Å². The topological polar surface area (TPSA) is 33.6 Å². The first-order valence-electron chi connectivity index (χ1n) is 6.93. The van der Waals surface area contributed by atoms with E-state index in [1.807, 2.05) is 24.4 Å². The number of nitrogens with one attached hydrogen (secondary N) is 1. The molecule has 2 aromatic rings. The second-order valence-electron chi connectivity index (χ2n) is 5.22. The molecule has 1 aliphatic rings. The van der Waals surface area contributed by atoms with Crippen LogP contribution in [0.25, 0.3) is 11.1 Å². The maximum atomic E-state index is 5.47. The van der Waals surface area contributed by atoms with E-state index in [1.54, 1.807) is 7.11 Å². The number of rotatable bonds is 2. The van der Waals surface area contributed by atoms with E-state index in [2.05, 4.69) is 51.6 Å². The first-order valence-corrected chi connectivity index (χ1v) is 7.72. The standard InChI is InChI=1S/C17H17BrN2O/c1-11-7-12-9-16(18)15(8-13(12)10-19-20-11)14-5-3-4-6-17(14)21-2/h3-6,8-11,20H,7H2,1-2H3. The van der Waals surface area contributed by atoms with Crippen molar-refractivity contribution in [2.24, 2.45) is 5.10 Å². The van der Waals surface area contributed by atoms with Gasteiger partial charge in [0.25, 0.3) is 0 Å². The molecule has 1 heterocycles. The van der Waals surface area contributed by atoms with Gasteiger partial charge in [-0.25, -0.2) is 0 Å². The van der Waals surface area contributed by atoms with Crippen LogP contribution in [-0.2, 0) is 6.42 Å². The third-order valence-electron chi connectivity index (χ3n) is 3.65. The van der Waals surface area contributed by atoms with Gasteiger partial charge in [-0.1, -0.05) is 34.1 Å². The van der Waals surface area contributed by atoms with E-state index >= 15 is 0 Å². The van der Waals surface area contributed by atoms with Crippen molar-refractivity contribution in [3.05, 3.63) is 52.0 Å². The van der Waals surface area contributed by atoms with Crippen LogP contribution in [0.3, 0.4) is 0 Å². The lowest BCUT2D eigenvalue weighted by Crippen LogP contribution is -2.21. The van der Waals surface area contributed by atoms with Gasteiger partial charge in [0.05, 0.1) is 13.3 Å². The highest BCUT2D eigenvalue weighted by Crippen LogP contribution is 2.36. The predicted molar refractivity (Wildman–Crippen MR) is 90.0 cm³/mol. The molecule has 0 aliphatic carbocycles. The van der Waals surface area contributed by atoms with Gasteiger partial charge in [-0.05, 0) is 42.7 Å². The summed E-state index contributed by atoms with van der Waals surface area (Å²) in [7, 11) is 1.70. The van der Waals surface area contributed by atoms with Gasteiger partial charge in [0, 0.05) is 21.6 Å². The Morgan fingerprint density at radius 1 is 1.24 bits per heavy atom. The fourth-order valence-corrected chi connectivity index (χ4v) is 3.22. The summed E-state index contributed by atoms with van der Waals surface area (Å²) in [5.74, 6) is 0.871. The summed E-state index contributed by atoms with van der Waals surface area (Å²) in [6.45, 7) is 2.13. The average molecular weight is 345 g/mol. The van der Waals surface area contributed by atoms with Crippen molar-refractivity contribution in [2.75, 3.05) is 7.11 Å². The summed E-state index contributed by atoms with van der Waals surface area (Å²) < 4.78 is 6.55. The van der Waals surface area contributed by atoms with Crippen molar-refractivity contribution < 1.29 is 4.74 Å². The lowest BCUT2D eigenvalue weighted by atomic mass is 9.96. The monoisotopic (exact) mass is 344 g/mol. The second kappa shape index (κ2) is 5.90. The number of fused-ring (bicyclic) bond motifs is 1. The van der Waals surface area contributed by atoms with Gasteiger partial charge >= 0.3 is 0 Å². The van der Waals surface area contributed by atoms with E-state index in [0.29, 0.717) is 6.04 Å². The number of nitrogens with zero attached hydrogens (tertiary/aromatic N) is 1. The smallest absolute Gasteiger partial charge is 0.126 e. The molecule has 4 heteroatoms. The van der Waals surface area contributed by atoms with Crippen molar-refractivity contribution in [3.8, 4) is 16.9 Å². The van der Waals surface area contributed by atoms with Gasteiger partial charge in [-0.3, -0.25) is 0 Å².